The summed E-state index contributed by atoms with van der Waals surface area (Å²) < 4.78 is 0. The Balaban J connectivity index is 1.41. The van der Waals surface area contributed by atoms with Crippen LogP contribution in [-0.2, 0) is 11.2 Å². The number of nitrogens with one attached hydrogen (secondary N) is 1. The Hall–Kier alpha value is -1.31. The fourth-order valence-corrected chi connectivity index (χ4v) is 3.63. The lowest BCUT2D eigenvalue weighted by Gasteiger charge is -2.05. The minimum absolute atomic E-state index is 0.225. The Morgan fingerprint density at radius 2 is 1.71 bits per heavy atom. The van der Waals surface area contributed by atoms with Crippen molar-refractivity contribution in [2.45, 2.75) is 77.6 Å². The first kappa shape index (κ1) is 19.0. The Kier molecular flexibility index (Phi) is 8.94. The second-order valence-electron chi connectivity index (χ2n) is 7.44. The molecule has 1 saturated carbocycles. The molecule has 1 aliphatic rings. The van der Waals surface area contributed by atoms with E-state index in [4.69, 9.17) is 0 Å². The van der Waals surface area contributed by atoms with Gasteiger partial charge in [-0.25, -0.2) is 0 Å². The molecule has 0 bridgehead atoms. The zero-order chi connectivity index (χ0) is 17.0. The summed E-state index contributed by atoms with van der Waals surface area (Å²) in [7, 11) is 0. The van der Waals surface area contributed by atoms with E-state index in [1.165, 1.54) is 56.9 Å². The monoisotopic (exact) mass is 329 g/mol. The molecule has 0 radical (unpaired) electrons. The molecule has 134 valence electrons. The Morgan fingerprint density at radius 3 is 2.46 bits per heavy atom. The Morgan fingerprint density at radius 1 is 1.00 bits per heavy atom. The highest BCUT2D eigenvalue weighted by Gasteiger charge is 2.35. The number of carbonyl (C=O) groups is 1. The van der Waals surface area contributed by atoms with Crippen molar-refractivity contribution in [2.75, 3.05) is 6.54 Å². The largest absolute Gasteiger partial charge is 0.356 e. The second-order valence-corrected chi connectivity index (χ2v) is 7.44. The lowest BCUT2D eigenvalue weighted by atomic mass is 10.1. The van der Waals surface area contributed by atoms with E-state index in [2.05, 4.69) is 24.4 Å². The van der Waals surface area contributed by atoms with E-state index in [1.54, 1.807) is 0 Å². The average Bonchev–Trinajstić information content (AvgIpc) is 3.34. The molecule has 1 N–H and O–H groups in total. The fourth-order valence-electron chi connectivity index (χ4n) is 3.63. The van der Waals surface area contributed by atoms with Crippen molar-refractivity contribution in [3.63, 3.8) is 0 Å². The van der Waals surface area contributed by atoms with Crippen LogP contribution in [0.25, 0.3) is 0 Å². The van der Waals surface area contributed by atoms with Gasteiger partial charge in [0.25, 0.3) is 0 Å². The van der Waals surface area contributed by atoms with E-state index in [0.29, 0.717) is 6.42 Å². The van der Waals surface area contributed by atoms with Crippen LogP contribution in [-0.4, -0.2) is 12.5 Å². The molecule has 1 aromatic rings. The quantitative estimate of drug-likeness (QED) is 0.475. The van der Waals surface area contributed by atoms with Gasteiger partial charge in [0.2, 0.25) is 5.91 Å². The van der Waals surface area contributed by atoms with E-state index in [9.17, 15) is 4.79 Å². The first-order valence-corrected chi connectivity index (χ1v) is 10.1. The van der Waals surface area contributed by atoms with Gasteiger partial charge in [-0.15, -0.1) is 0 Å². The Labute approximate surface area is 148 Å². The Bertz CT molecular complexity index is 456. The highest BCUT2D eigenvalue weighted by atomic mass is 16.1. The molecule has 1 amide bonds. The summed E-state index contributed by atoms with van der Waals surface area (Å²) in [6, 6.07) is 10.3. The predicted octanol–water partition coefficient (Wildman–Crippen LogP) is 5.51. The first-order chi connectivity index (χ1) is 11.8. The van der Waals surface area contributed by atoms with Gasteiger partial charge in [-0.3, -0.25) is 4.79 Å². The standard InChI is InChI=1S/C22H35NO/c1-2-3-4-5-9-13-20-18-21(20)14-10-15-22(24)23-17-16-19-11-7-6-8-12-19/h6-8,11-12,20-21H,2-5,9-10,13-18H2,1H3,(H,23,24)/t20-,21-/m1/s1. The zero-order valence-electron chi connectivity index (χ0n) is 15.4. The summed E-state index contributed by atoms with van der Waals surface area (Å²) in [4.78, 5) is 11.9. The van der Waals surface area contributed by atoms with Crippen LogP contribution < -0.4 is 5.32 Å². The van der Waals surface area contributed by atoms with Gasteiger partial charge < -0.3 is 5.32 Å². The van der Waals surface area contributed by atoms with Gasteiger partial charge in [0.15, 0.2) is 0 Å². The van der Waals surface area contributed by atoms with Gasteiger partial charge >= 0.3 is 0 Å². The summed E-state index contributed by atoms with van der Waals surface area (Å²) in [5.41, 5.74) is 1.29. The third kappa shape index (κ3) is 7.99. The molecule has 0 spiro atoms. The highest BCUT2D eigenvalue weighted by Crippen LogP contribution is 2.45. The molecule has 1 fully saturated rings. The van der Waals surface area contributed by atoms with Crippen LogP contribution >= 0.6 is 0 Å². The average molecular weight is 330 g/mol. The van der Waals surface area contributed by atoms with Crippen LogP contribution in [0.1, 0.15) is 76.7 Å². The molecule has 2 atom stereocenters. The van der Waals surface area contributed by atoms with Gasteiger partial charge in [0.1, 0.15) is 0 Å². The van der Waals surface area contributed by atoms with E-state index >= 15 is 0 Å². The van der Waals surface area contributed by atoms with E-state index in [1.807, 2.05) is 18.2 Å². The first-order valence-electron chi connectivity index (χ1n) is 10.1. The number of hydrogen-bond acceptors (Lipinski definition) is 1. The van der Waals surface area contributed by atoms with Crippen molar-refractivity contribution in [2.24, 2.45) is 11.8 Å². The maximum atomic E-state index is 11.9. The van der Waals surface area contributed by atoms with E-state index < -0.39 is 0 Å². The smallest absolute Gasteiger partial charge is 0.220 e. The van der Waals surface area contributed by atoms with Crippen LogP contribution in [0.3, 0.4) is 0 Å². The van der Waals surface area contributed by atoms with Crippen LogP contribution in [0, 0.1) is 11.8 Å². The van der Waals surface area contributed by atoms with Crippen molar-refractivity contribution in [1.29, 1.82) is 0 Å². The molecule has 1 aromatic carbocycles. The summed E-state index contributed by atoms with van der Waals surface area (Å²) >= 11 is 0. The molecule has 1 aliphatic carbocycles. The number of hydrogen-bond donors (Lipinski definition) is 1. The summed E-state index contributed by atoms with van der Waals surface area (Å²) in [5.74, 6) is 2.13. The number of benzene rings is 1. The summed E-state index contributed by atoms with van der Waals surface area (Å²) in [6.07, 6.45) is 13.8. The molecule has 0 heterocycles. The fraction of sp³-hybridized carbons (Fsp3) is 0.682. The predicted molar refractivity (Wildman–Crippen MR) is 102 cm³/mol. The number of rotatable bonds is 13. The van der Waals surface area contributed by atoms with Gasteiger partial charge in [0.05, 0.1) is 0 Å². The molecular weight excluding hydrogens is 294 g/mol. The molecule has 24 heavy (non-hydrogen) atoms. The lowest BCUT2D eigenvalue weighted by molar-refractivity contribution is -0.121. The topological polar surface area (TPSA) is 29.1 Å². The SMILES string of the molecule is CCCCCCC[C@@H]1C[C@H]1CCCC(=O)NCCc1ccccc1. The molecule has 2 nitrogen and oxygen atoms in total. The molecule has 0 aliphatic heterocycles. The second kappa shape index (κ2) is 11.3. The van der Waals surface area contributed by atoms with Gasteiger partial charge in [-0.2, -0.15) is 0 Å². The van der Waals surface area contributed by atoms with E-state index in [0.717, 1.165) is 31.2 Å². The summed E-state index contributed by atoms with van der Waals surface area (Å²) in [6.45, 7) is 3.03. The van der Waals surface area contributed by atoms with Crippen molar-refractivity contribution in [3.05, 3.63) is 35.9 Å². The molecular formula is C22H35NO. The summed E-state index contributed by atoms with van der Waals surface area (Å²) in [5, 5.41) is 3.05. The number of carbonyl (C=O) groups excluding carboxylic acids is 1. The van der Waals surface area contributed by atoms with Crippen LogP contribution in [0.4, 0.5) is 0 Å². The number of amides is 1. The van der Waals surface area contributed by atoms with Gasteiger partial charge in [-0.05, 0) is 43.1 Å². The number of unbranched alkanes of at least 4 members (excludes halogenated alkanes) is 4. The molecule has 0 aromatic heterocycles. The third-order valence-corrected chi connectivity index (χ3v) is 5.30. The molecule has 0 unspecified atom stereocenters. The van der Waals surface area contributed by atoms with Crippen molar-refractivity contribution < 1.29 is 4.79 Å². The third-order valence-electron chi connectivity index (χ3n) is 5.30. The maximum Gasteiger partial charge on any atom is 0.220 e. The van der Waals surface area contributed by atoms with Crippen molar-refractivity contribution >= 4 is 5.91 Å². The minimum atomic E-state index is 0.225. The molecule has 2 rings (SSSR count). The molecule has 0 saturated heterocycles. The lowest BCUT2D eigenvalue weighted by Crippen LogP contribution is -2.25. The van der Waals surface area contributed by atoms with E-state index in [-0.39, 0.29) is 5.91 Å². The van der Waals surface area contributed by atoms with Crippen LogP contribution in [0.5, 0.6) is 0 Å². The zero-order valence-corrected chi connectivity index (χ0v) is 15.4. The van der Waals surface area contributed by atoms with Crippen molar-refractivity contribution in [1.82, 2.24) is 5.32 Å². The van der Waals surface area contributed by atoms with Gasteiger partial charge in [0, 0.05) is 13.0 Å². The van der Waals surface area contributed by atoms with Crippen LogP contribution in [0.2, 0.25) is 0 Å². The normalized spacial score (nSPS) is 19.2. The van der Waals surface area contributed by atoms with Crippen molar-refractivity contribution in [3.8, 4) is 0 Å². The maximum absolute atomic E-state index is 11.9. The van der Waals surface area contributed by atoms with Crippen LogP contribution in [0.15, 0.2) is 30.3 Å². The minimum Gasteiger partial charge on any atom is -0.356 e. The highest BCUT2D eigenvalue weighted by molar-refractivity contribution is 5.75. The van der Waals surface area contributed by atoms with Gasteiger partial charge in [-0.1, -0.05) is 75.8 Å². The molecule has 2 heteroatoms.